The number of ether oxygens (including phenoxy) is 1. The van der Waals surface area contributed by atoms with Gasteiger partial charge in [0.2, 0.25) is 0 Å². The van der Waals surface area contributed by atoms with Crippen LogP contribution in [-0.4, -0.2) is 19.9 Å². The fourth-order valence-corrected chi connectivity index (χ4v) is 3.12. The first-order valence-electron chi connectivity index (χ1n) is 8.30. The molecule has 3 rings (SSSR count). The van der Waals surface area contributed by atoms with Crippen LogP contribution in [0, 0.1) is 0 Å². The second kappa shape index (κ2) is 6.92. The lowest BCUT2D eigenvalue weighted by Crippen LogP contribution is -2.10. The standard InChI is InChI=1S/C20H22N2O2S/c1-5-25(23)19-13-21-17-11-10-16(12-18(17)22-19)24-15-8-6-14(7-9-15)20(2,3)4/h6-13H,5H2,1-4H3. The monoisotopic (exact) mass is 354 g/mol. The average Bonchev–Trinajstić information content (AvgIpc) is 2.60. The number of aromatic nitrogens is 2. The average molecular weight is 354 g/mol. The molecule has 1 heterocycles. The number of hydrogen-bond acceptors (Lipinski definition) is 4. The van der Waals surface area contributed by atoms with Crippen molar-refractivity contribution in [2.75, 3.05) is 5.75 Å². The van der Waals surface area contributed by atoms with Crippen LogP contribution in [-0.2, 0) is 16.2 Å². The number of fused-ring (bicyclic) bond motifs is 1. The molecule has 2 aromatic carbocycles. The molecule has 1 aromatic heterocycles. The fourth-order valence-electron chi connectivity index (χ4n) is 2.45. The van der Waals surface area contributed by atoms with Gasteiger partial charge in [-0.05, 0) is 35.2 Å². The highest BCUT2D eigenvalue weighted by Crippen LogP contribution is 2.28. The molecule has 0 aliphatic heterocycles. The molecule has 0 fully saturated rings. The van der Waals surface area contributed by atoms with Gasteiger partial charge in [-0.15, -0.1) is 0 Å². The van der Waals surface area contributed by atoms with E-state index in [1.807, 2.05) is 37.3 Å². The second-order valence-electron chi connectivity index (χ2n) is 6.87. The van der Waals surface area contributed by atoms with Crippen LogP contribution in [0.15, 0.2) is 53.7 Å². The van der Waals surface area contributed by atoms with Gasteiger partial charge in [-0.1, -0.05) is 39.8 Å². The van der Waals surface area contributed by atoms with Gasteiger partial charge in [-0.3, -0.25) is 9.19 Å². The van der Waals surface area contributed by atoms with E-state index in [1.54, 1.807) is 6.20 Å². The number of hydrogen-bond donors (Lipinski definition) is 0. The van der Waals surface area contributed by atoms with E-state index in [-0.39, 0.29) is 5.41 Å². The summed E-state index contributed by atoms with van der Waals surface area (Å²) in [6.07, 6.45) is 1.58. The van der Waals surface area contributed by atoms with Crippen molar-refractivity contribution in [2.24, 2.45) is 0 Å². The van der Waals surface area contributed by atoms with Crippen molar-refractivity contribution >= 4 is 21.8 Å². The van der Waals surface area contributed by atoms with Crippen molar-refractivity contribution in [1.82, 2.24) is 9.97 Å². The van der Waals surface area contributed by atoms with E-state index >= 15 is 0 Å². The first kappa shape index (κ1) is 17.5. The molecule has 0 amide bonds. The minimum atomic E-state index is -1.12. The van der Waals surface area contributed by atoms with Crippen LogP contribution < -0.4 is 4.74 Å². The van der Waals surface area contributed by atoms with Gasteiger partial charge in [-0.2, -0.15) is 0 Å². The topological polar surface area (TPSA) is 52.1 Å². The van der Waals surface area contributed by atoms with Crippen molar-refractivity contribution < 1.29 is 8.95 Å². The Labute approximate surface area is 150 Å². The van der Waals surface area contributed by atoms with E-state index in [1.165, 1.54) is 5.56 Å². The molecular weight excluding hydrogens is 332 g/mol. The smallest absolute Gasteiger partial charge is 0.146 e. The first-order chi connectivity index (χ1) is 11.9. The van der Waals surface area contributed by atoms with E-state index in [4.69, 9.17) is 4.74 Å². The Morgan fingerprint density at radius 1 is 1.00 bits per heavy atom. The van der Waals surface area contributed by atoms with Crippen molar-refractivity contribution in [2.45, 2.75) is 38.1 Å². The van der Waals surface area contributed by atoms with Gasteiger partial charge in [0, 0.05) is 11.8 Å². The van der Waals surface area contributed by atoms with Crippen LogP contribution in [0.2, 0.25) is 0 Å². The van der Waals surface area contributed by atoms with Crippen LogP contribution in [0.1, 0.15) is 33.3 Å². The third-order valence-corrected chi connectivity index (χ3v) is 5.13. The Bertz CT molecular complexity index is 915. The molecule has 0 saturated carbocycles. The zero-order chi connectivity index (χ0) is 18.0. The number of rotatable bonds is 4. The van der Waals surface area contributed by atoms with E-state index in [0.29, 0.717) is 22.0 Å². The summed E-state index contributed by atoms with van der Waals surface area (Å²) in [5.41, 5.74) is 2.81. The molecule has 4 nitrogen and oxygen atoms in total. The summed E-state index contributed by atoms with van der Waals surface area (Å²) in [7, 11) is -1.12. The highest BCUT2D eigenvalue weighted by Gasteiger charge is 2.13. The molecule has 130 valence electrons. The van der Waals surface area contributed by atoms with E-state index in [9.17, 15) is 4.21 Å². The first-order valence-corrected chi connectivity index (χ1v) is 9.62. The maximum atomic E-state index is 11.9. The van der Waals surface area contributed by atoms with E-state index < -0.39 is 10.8 Å². The lowest BCUT2D eigenvalue weighted by atomic mass is 9.87. The predicted octanol–water partition coefficient (Wildman–Crippen LogP) is 4.85. The molecule has 25 heavy (non-hydrogen) atoms. The Hall–Kier alpha value is -2.27. The maximum absolute atomic E-state index is 11.9. The van der Waals surface area contributed by atoms with Gasteiger partial charge in [0.15, 0.2) is 0 Å². The summed E-state index contributed by atoms with van der Waals surface area (Å²) in [5, 5.41) is 0.502. The molecule has 0 radical (unpaired) electrons. The molecule has 0 aliphatic carbocycles. The Morgan fingerprint density at radius 2 is 1.68 bits per heavy atom. The Morgan fingerprint density at radius 3 is 2.32 bits per heavy atom. The summed E-state index contributed by atoms with van der Waals surface area (Å²) in [4.78, 5) is 8.78. The highest BCUT2D eigenvalue weighted by molar-refractivity contribution is 7.84. The van der Waals surface area contributed by atoms with E-state index in [0.717, 1.165) is 11.3 Å². The van der Waals surface area contributed by atoms with Crippen LogP contribution in [0.5, 0.6) is 11.5 Å². The molecule has 0 saturated heterocycles. The lowest BCUT2D eigenvalue weighted by molar-refractivity contribution is 0.482. The van der Waals surface area contributed by atoms with Crippen LogP contribution in [0.4, 0.5) is 0 Å². The summed E-state index contributed by atoms with van der Waals surface area (Å²) < 4.78 is 17.9. The van der Waals surface area contributed by atoms with Crippen molar-refractivity contribution in [3.63, 3.8) is 0 Å². The van der Waals surface area contributed by atoms with Gasteiger partial charge >= 0.3 is 0 Å². The maximum Gasteiger partial charge on any atom is 0.146 e. The zero-order valence-corrected chi connectivity index (χ0v) is 15.8. The summed E-state index contributed by atoms with van der Waals surface area (Å²) in [6.45, 7) is 8.41. The Kier molecular flexibility index (Phi) is 4.86. The molecule has 0 bridgehead atoms. The molecule has 0 spiro atoms. The minimum absolute atomic E-state index is 0.113. The quantitative estimate of drug-likeness (QED) is 0.672. The van der Waals surface area contributed by atoms with E-state index in [2.05, 4.69) is 42.9 Å². The molecule has 0 N–H and O–H groups in total. The van der Waals surface area contributed by atoms with Crippen LogP contribution in [0.3, 0.4) is 0 Å². The third-order valence-electron chi connectivity index (χ3n) is 3.94. The summed E-state index contributed by atoms with van der Waals surface area (Å²) in [6, 6.07) is 13.7. The SMILES string of the molecule is CCS(=O)c1cnc2ccc(Oc3ccc(C(C)(C)C)cc3)cc2n1. The van der Waals surface area contributed by atoms with Gasteiger partial charge in [-0.25, -0.2) is 4.98 Å². The largest absolute Gasteiger partial charge is 0.457 e. The highest BCUT2D eigenvalue weighted by atomic mass is 32.2. The molecule has 5 heteroatoms. The molecule has 0 aliphatic rings. The molecule has 1 unspecified atom stereocenters. The van der Waals surface area contributed by atoms with Crippen LogP contribution >= 0.6 is 0 Å². The van der Waals surface area contributed by atoms with Crippen molar-refractivity contribution in [3.05, 3.63) is 54.2 Å². The van der Waals surface area contributed by atoms with Gasteiger partial charge in [0.25, 0.3) is 0 Å². The van der Waals surface area contributed by atoms with Gasteiger partial charge < -0.3 is 4.74 Å². The molecule has 3 aromatic rings. The zero-order valence-electron chi connectivity index (χ0n) is 14.9. The van der Waals surface area contributed by atoms with Gasteiger partial charge in [0.05, 0.1) is 28.0 Å². The third kappa shape index (κ3) is 4.04. The molecule has 1 atom stereocenters. The summed E-state index contributed by atoms with van der Waals surface area (Å²) in [5.74, 6) is 1.98. The van der Waals surface area contributed by atoms with Crippen LogP contribution in [0.25, 0.3) is 11.0 Å². The summed E-state index contributed by atoms with van der Waals surface area (Å²) >= 11 is 0. The normalized spacial score (nSPS) is 13.0. The fraction of sp³-hybridized carbons (Fsp3) is 0.300. The van der Waals surface area contributed by atoms with Gasteiger partial charge in [0.1, 0.15) is 16.5 Å². The number of benzene rings is 2. The minimum Gasteiger partial charge on any atom is -0.457 e. The predicted molar refractivity (Wildman–Crippen MR) is 102 cm³/mol. The van der Waals surface area contributed by atoms with Crippen molar-refractivity contribution in [1.29, 1.82) is 0 Å². The van der Waals surface area contributed by atoms with Crippen molar-refractivity contribution in [3.8, 4) is 11.5 Å². The lowest BCUT2D eigenvalue weighted by Gasteiger charge is -2.19. The number of nitrogens with zero attached hydrogens (tertiary/aromatic N) is 2. The second-order valence-corrected chi connectivity index (χ2v) is 8.56. The molecular formula is C20H22N2O2S. The Balaban J connectivity index is 1.87.